The van der Waals surface area contributed by atoms with Crippen LogP contribution in [-0.2, 0) is 4.79 Å². The Morgan fingerprint density at radius 3 is 2.89 bits per heavy atom. The highest BCUT2D eigenvalue weighted by Gasteiger charge is 2.30. The zero-order valence-corrected chi connectivity index (χ0v) is 12.8. The molecule has 1 heterocycles. The summed E-state index contributed by atoms with van der Waals surface area (Å²) in [7, 11) is 1.67. The molecular formula is C14H19BrN2O2. The first-order valence-electron chi connectivity index (χ1n) is 6.50. The number of rotatable bonds is 3. The average Bonchev–Trinajstić information content (AvgIpc) is 2.86. The van der Waals surface area contributed by atoms with Crippen LogP contribution in [0, 0.1) is 0 Å². The summed E-state index contributed by atoms with van der Waals surface area (Å²) in [5.41, 5.74) is 1.88. The Hall–Kier alpha value is -1.07. The maximum Gasteiger partial charge on any atom is 0.242 e. The molecule has 1 fully saturated rings. The van der Waals surface area contributed by atoms with E-state index in [9.17, 15) is 9.90 Å². The first-order valence-corrected chi connectivity index (χ1v) is 7.29. The lowest BCUT2D eigenvalue weighted by atomic mass is 10.1. The Bertz CT molecular complexity index is 477. The van der Waals surface area contributed by atoms with Gasteiger partial charge in [0.05, 0.1) is 6.10 Å². The van der Waals surface area contributed by atoms with Crippen LogP contribution in [0.2, 0.25) is 0 Å². The van der Waals surface area contributed by atoms with Crippen molar-refractivity contribution in [2.75, 3.05) is 18.5 Å². The van der Waals surface area contributed by atoms with Gasteiger partial charge >= 0.3 is 0 Å². The summed E-state index contributed by atoms with van der Waals surface area (Å²) in [6.45, 7) is 2.63. The number of hydrogen-bond acceptors (Lipinski definition) is 3. The highest BCUT2D eigenvalue weighted by molar-refractivity contribution is 9.10. The third kappa shape index (κ3) is 2.92. The largest absolute Gasteiger partial charge is 0.389 e. The Morgan fingerprint density at radius 1 is 1.58 bits per heavy atom. The summed E-state index contributed by atoms with van der Waals surface area (Å²) in [6, 6.07) is 5.76. The van der Waals surface area contributed by atoms with Gasteiger partial charge in [0.15, 0.2) is 0 Å². The molecule has 1 aromatic rings. The summed E-state index contributed by atoms with van der Waals surface area (Å²) >= 11 is 3.48. The second-order valence-corrected chi connectivity index (χ2v) is 5.70. The lowest BCUT2D eigenvalue weighted by Crippen LogP contribution is -2.42. The molecule has 1 saturated heterocycles. The fourth-order valence-corrected chi connectivity index (χ4v) is 3.25. The normalized spacial score (nSPS) is 20.4. The van der Waals surface area contributed by atoms with Crippen molar-refractivity contribution >= 4 is 27.5 Å². The van der Waals surface area contributed by atoms with Gasteiger partial charge in [-0.25, -0.2) is 0 Å². The number of nitrogens with zero attached hydrogens (tertiary/aromatic N) is 1. The van der Waals surface area contributed by atoms with Crippen LogP contribution < -0.4 is 10.2 Å². The molecule has 0 spiro atoms. The van der Waals surface area contributed by atoms with Crippen LogP contribution in [0.4, 0.5) is 5.69 Å². The number of hydrogen-bond donors (Lipinski definition) is 2. The minimum Gasteiger partial charge on any atom is -0.389 e. The van der Waals surface area contributed by atoms with Crippen molar-refractivity contribution in [3.63, 3.8) is 0 Å². The Kier molecular flexibility index (Phi) is 4.47. The predicted octanol–water partition coefficient (Wildman–Crippen LogP) is 2.22. The summed E-state index contributed by atoms with van der Waals surface area (Å²) in [6.07, 6.45) is 1.40. The molecule has 2 N–H and O–H groups in total. The smallest absolute Gasteiger partial charge is 0.242 e. The molecule has 1 aromatic carbocycles. The minimum atomic E-state index is -0.503. The van der Waals surface area contributed by atoms with Gasteiger partial charge in [0.2, 0.25) is 5.91 Å². The van der Waals surface area contributed by atoms with Crippen molar-refractivity contribution in [3.05, 3.63) is 28.2 Å². The van der Waals surface area contributed by atoms with Crippen LogP contribution in [0.15, 0.2) is 22.7 Å². The molecule has 4 nitrogen and oxygen atoms in total. The molecule has 2 unspecified atom stereocenters. The van der Waals surface area contributed by atoms with E-state index in [0.717, 1.165) is 35.1 Å². The van der Waals surface area contributed by atoms with Gasteiger partial charge in [-0.1, -0.05) is 22.0 Å². The Labute approximate surface area is 121 Å². The molecule has 2 atom stereocenters. The molecule has 5 heteroatoms. The number of carbonyl (C=O) groups is 1. The molecule has 0 aromatic heterocycles. The van der Waals surface area contributed by atoms with E-state index in [1.807, 2.05) is 18.2 Å². The van der Waals surface area contributed by atoms with Gasteiger partial charge < -0.3 is 15.3 Å². The molecule has 1 aliphatic rings. The number of aliphatic hydroxyl groups excluding tert-OH is 1. The highest BCUT2D eigenvalue weighted by Crippen LogP contribution is 2.31. The lowest BCUT2D eigenvalue weighted by Gasteiger charge is -2.26. The Morgan fingerprint density at radius 2 is 2.32 bits per heavy atom. The van der Waals surface area contributed by atoms with Crippen LogP contribution >= 0.6 is 15.9 Å². The summed E-state index contributed by atoms with van der Waals surface area (Å²) in [5, 5.41) is 12.3. The third-order valence-electron chi connectivity index (χ3n) is 3.57. The van der Waals surface area contributed by atoms with E-state index in [-0.39, 0.29) is 11.9 Å². The molecular weight excluding hydrogens is 308 g/mol. The molecule has 2 rings (SSSR count). The zero-order chi connectivity index (χ0) is 14.0. The van der Waals surface area contributed by atoms with Crippen LogP contribution in [0.3, 0.4) is 0 Å². The first kappa shape index (κ1) is 14.3. The SMILES string of the molecule is CNC(=O)C1CCCN1c1ccc(C(C)O)c(Br)c1. The summed E-state index contributed by atoms with van der Waals surface area (Å²) < 4.78 is 0.877. The molecule has 0 radical (unpaired) electrons. The van der Waals surface area contributed by atoms with Crippen LogP contribution in [-0.4, -0.2) is 30.6 Å². The maximum absolute atomic E-state index is 11.9. The molecule has 0 bridgehead atoms. The van der Waals surface area contributed by atoms with Crippen LogP contribution in [0.1, 0.15) is 31.4 Å². The van der Waals surface area contributed by atoms with E-state index in [1.54, 1.807) is 14.0 Å². The molecule has 104 valence electrons. The lowest BCUT2D eigenvalue weighted by molar-refractivity contribution is -0.121. The van der Waals surface area contributed by atoms with Crippen molar-refractivity contribution in [2.45, 2.75) is 31.9 Å². The third-order valence-corrected chi connectivity index (χ3v) is 4.25. The number of likely N-dealkylation sites (N-methyl/N-ethyl adjacent to an activating group) is 1. The van der Waals surface area contributed by atoms with Gasteiger partial charge in [0.25, 0.3) is 0 Å². The van der Waals surface area contributed by atoms with E-state index in [0.29, 0.717) is 0 Å². The van der Waals surface area contributed by atoms with E-state index in [4.69, 9.17) is 0 Å². The number of amides is 1. The second kappa shape index (κ2) is 5.92. The van der Waals surface area contributed by atoms with Crippen molar-refractivity contribution in [2.24, 2.45) is 0 Å². The topological polar surface area (TPSA) is 52.6 Å². The van der Waals surface area contributed by atoms with Gasteiger partial charge in [-0.15, -0.1) is 0 Å². The monoisotopic (exact) mass is 326 g/mol. The van der Waals surface area contributed by atoms with Gasteiger partial charge in [0, 0.05) is 23.8 Å². The van der Waals surface area contributed by atoms with Crippen LogP contribution in [0.25, 0.3) is 0 Å². The fourth-order valence-electron chi connectivity index (χ4n) is 2.55. The maximum atomic E-state index is 11.9. The second-order valence-electron chi connectivity index (χ2n) is 4.85. The predicted molar refractivity (Wildman–Crippen MR) is 79.2 cm³/mol. The van der Waals surface area contributed by atoms with E-state index in [1.165, 1.54) is 0 Å². The van der Waals surface area contributed by atoms with E-state index in [2.05, 4.69) is 26.1 Å². The molecule has 0 aliphatic carbocycles. The molecule has 0 saturated carbocycles. The number of nitrogens with one attached hydrogen (secondary N) is 1. The average molecular weight is 327 g/mol. The van der Waals surface area contributed by atoms with Gasteiger partial charge in [-0.05, 0) is 37.5 Å². The number of carbonyl (C=O) groups excluding carboxylic acids is 1. The number of benzene rings is 1. The van der Waals surface area contributed by atoms with E-state index < -0.39 is 6.10 Å². The van der Waals surface area contributed by atoms with Crippen molar-refractivity contribution in [3.8, 4) is 0 Å². The van der Waals surface area contributed by atoms with Gasteiger partial charge in [-0.3, -0.25) is 4.79 Å². The van der Waals surface area contributed by atoms with Crippen molar-refractivity contribution in [1.29, 1.82) is 0 Å². The number of anilines is 1. The van der Waals surface area contributed by atoms with Gasteiger partial charge in [0.1, 0.15) is 6.04 Å². The van der Waals surface area contributed by atoms with Gasteiger partial charge in [-0.2, -0.15) is 0 Å². The van der Waals surface area contributed by atoms with Crippen molar-refractivity contribution in [1.82, 2.24) is 5.32 Å². The molecule has 1 amide bonds. The number of aliphatic hydroxyl groups is 1. The quantitative estimate of drug-likeness (QED) is 0.895. The molecule has 1 aliphatic heterocycles. The van der Waals surface area contributed by atoms with Crippen molar-refractivity contribution < 1.29 is 9.90 Å². The molecule has 19 heavy (non-hydrogen) atoms. The zero-order valence-electron chi connectivity index (χ0n) is 11.2. The summed E-state index contributed by atoms with van der Waals surface area (Å²) in [5.74, 6) is 0.0632. The summed E-state index contributed by atoms with van der Waals surface area (Å²) in [4.78, 5) is 14.0. The fraction of sp³-hybridized carbons (Fsp3) is 0.500. The van der Waals surface area contributed by atoms with E-state index >= 15 is 0 Å². The highest BCUT2D eigenvalue weighted by atomic mass is 79.9. The Balaban J connectivity index is 2.26. The van der Waals surface area contributed by atoms with Crippen LogP contribution in [0.5, 0.6) is 0 Å². The number of halogens is 1. The first-order chi connectivity index (χ1) is 9.04. The minimum absolute atomic E-state index is 0.0632. The standard InChI is InChI=1S/C14H19BrN2O2/c1-9(18)11-6-5-10(8-12(11)15)17-7-3-4-13(17)14(19)16-2/h5-6,8-9,13,18H,3-4,7H2,1-2H3,(H,16,19).